The predicted molar refractivity (Wildman–Crippen MR) is 44.6 cm³/mol. The highest BCUT2D eigenvalue weighted by Gasteiger charge is 2.03. The van der Waals surface area contributed by atoms with E-state index in [0.29, 0.717) is 11.5 Å². The quantitative estimate of drug-likeness (QED) is 0.573. The molecule has 0 fully saturated rings. The molecule has 0 bridgehead atoms. The SMILES string of the molecule is CC(=O)NCC(C)C(N)=S. The van der Waals surface area contributed by atoms with Crippen LogP contribution in [0.15, 0.2) is 0 Å². The van der Waals surface area contributed by atoms with Crippen LogP contribution in [-0.4, -0.2) is 17.4 Å². The number of rotatable bonds is 3. The summed E-state index contributed by atoms with van der Waals surface area (Å²) < 4.78 is 0. The van der Waals surface area contributed by atoms with Gasteiger partial charge < -0.3 is 11.1 Å². The standard InChI is InChI=1S/C6H12N2OS/c1-4(6(7)10)3-8-5(2)9/h4H,3H2,1-2H3,(H2,7,10)(H,8,9). The summed E-state index contributed by atoms with van der Waals surface area (Å²) in [6.45, 7) is 3.87. The summed E-state index contributed by atoms with van der Waals surface area (Å²) in [5.41, 5.74) is 5.30. The normalized spacial score (nSPS) is 12.2. The first kappa shape index (κ1) is 9.36. The van der Waals surface area contributed by atoms with Crippen molar-refractivity contribution in [2.45, 2.75) is 13.8 Å². The molecule has 0 aliphatic carbocycles. The van der Waals surface area contributed by atoms with Gasteiger partial charge in [0.2, 0.25) is 5.91 Å². The van der Waals surface area contributed by atoms with Gasteiger partial charge in [-0.25, -0.2) is 0 Å². The molecule has 0 heterocycles. The van der Waals surface area contributed by atoms with E-state index >= 15 is 0 Å². The fourth-order valence-corrected chi connectivity index (χ4v) is 0.481. The number of amides is 1. The van der Waals surface area contributed by atoms with Crippen LogP contribution in [0.3, 0.4) is 0 Å². The van der Waals surface area contributed by atoms with Crippen molar-refractivity contribution < 1.29 is 4.79 Å². The molecule has 0 aromatic carbocycles. The Bertz CT molecular complexity index is 147. The molecule has 0 aliphatic heterocycles. The van der Waals surface area contributed by atoms with Crippen molar-refractivity contribution in [1.29, 1.82) is 0 Å². The molecule has 0 saturated carbocycles. The second kappa shape index (κ2) is 4.22. The van der Waals surface area contributed by atoms with E-state index < -0.39 is 0 Å². The largest absolute Gasteiger partial charge is 0.393 e. The van der Waals surface area contributed by atoms with Crippen molar-refractivity contribution in [2.24, 2.45) is 11.7 Å². The first-order valence-corrected chi connectivity index (χ1v) is 3.48. The number of thiocarbonyl (C=S) groups is 1. The van der Waals surface area contributed by atoms with E-state index in [1.54, 1.807) is 0 Å². The summed E-state index contributed by atoms with van der Waals surface area (Å²) >= 11 is 4.70. The summed E-state index contributed by atoms with van der Waals surface area (Å²) in [6, 6.07) is 0. The van der Waals surface area contributed by atoms with Gasteiger partial charge in [-0.2, -0.15) is 0 Å². The number of carbonyl (C=O) groups is 1. The third-order valence-corrected chi connectivity index (χ3v) is 1.55. The van der Waals surface area contributed by atoms with E-state index in [9.17, 15) is 4.79 Å². The van der Waals surface area contributed by atoms with Gasteiger partial charge in [-0.1, -0.05) is 19.1 Å². The summed E-state index contributed by atoms with van der Waals surface area (Å²) in [4.78, 5) is 10.8. The van der Waals surface area contributed by atoms with Gasteiger partial charge in [0.25, 0.3) is 0 Å². The van der Waals surface area contributed by atoms with Crippen LogP contribution in [0.5, 0.6) is 0 Å². The summed E-state index contributed by atoms with van der Waals surface area (Å²) in [5, 5.41) is 2.62. The Labute approximate surface area is 66.0 Å². The van der Waals surface area contributed by atoms with Gasteiger partial charge in [0.05, 0.1) is 4.99 Å². The van der Waals surface area contributed by atoms with Gasteiger partial charge in [-0.3, -0.25) is 4.79 Å². The second-order valence-electron chi connectivity index (χ2n) is 2.24. The van der Waals surface area contributed by atoms with Crippen LogP contribution in [0.2, 0.25) is 0 Å². The fraction of sp³-hybridized carbons (Fsp3) is 0.667. The van der Waals surface area contributed by atoms with Gasteiger partial charge in [0.1, 0.15) is 0 Å². The molecular formula is C6H12N2OS. The zero-order valence-corrected chi connectivity index (χ0v) is 6.99. The van der Waals surface area contributed by atoms with Crippen LogP contribution in [0.4, 0.5) is 0 Å². The lowest BCUT2D eigenvalue weighted by Gasteiger charge is -2.08. The minimum absolute atomic E-state index is 0.0527. The van der Waals surface area contributed by atoms with Crippen molar-refractivity contribution in [3.63, 3.8) is 0 Å². The molecule has 0 spiro atoms. The minimum Gasteiger partial charge on any atom is -0.393 e. The Morgan fingerprint density at radius 1 is 1.80 bits per heavy atom. The molecule has 3 nitrogen and oxygen atoms in total. The lowest BCUT2D eigenvalue weighted by atomic mass is 10.2. The molecule has 3 N–H and O–H groups in total. The van der Waals surface area contributed by atoms with Crippen LogP contribution in [0, 0.1) is 5.92 Å². The average Bonchev–Trinajstić information content (AvgIpc) is 1.82. The van der Waals surface area contributed by atoms with E-state index in [1.165, 1.54) is 6.92 Å². The molecule has 4 heteroatoms. The lowest BCUT2D eigenvalue weighted by molar-refractivity contribution is -0.119. The highest BCUT2D eigenvalue weighted by atomic mass is 32.1. The Kier molecular flexibility index (Phi) is 3.95. The summed E-state index contributed by atoms with van der Waals surface area (Å²) in [5.74, 6) is 0.0296. The van der Waals surface area contributed by atoms with Gasteiger partial charge in [-0.05, 0) is 0 Å². The first-order valence-electron chi connectivity index (χ1n) is 3.07. The van der Waals surface area contributed by atoms with E-state index in [1.807, 2.05) is 6.92 Å². The molecule has 1 atom stereocenters. The van der Waals surface area contributed by atoms with Crippen molar-refractivity contribution in [2.75, 3.05) is 6.54 Å². The Hall–Kier alpha value is -0.640. The van der Waals surface area contributed by atoms with Crippen LogP contribution in [0.1, 0.15) is 13.8 Å². The smallest absolute Gasteiger partial charge is 0.216 e. The van der Waals surface area contributed by atoms with E-state index in [-0.39, 0.29) is 11.8 Å². The van der Waals surface area contributed by atoms with Gasteiger partial charge in [0, 0.05) is 19.4 Å². The minimum atomic E-state index is -0.0527. The van der Waals surface area contributed by atoms with Crippen LogP contribution < -0.4 is 11.1 Å². The Balaban J connectivity index is 3.49. The van der Waals surface area contributed by atoms with Crippen molar-refractivity contribution in [3.05, 3.63) is 0 Å². The molecule has 0 aliphatic rings. The molecular weight excluding hydrogens is 148 g/mol. The molecule has 0 radical (unpaired) electrons. The summed E-state index contributed by atoms with van der Waals surface area (Å²) in [7, 11) is 0. The highest BCUT2D eigenvalue weighted by molar-refractivity contribution is 7.80. The van der Waals surface area contributed by atoms with E-state index in [0.717, 1.165) is 0 Å². The third kappa shape index (κ3) is 4.26. The molecule has 58 valence electrons. The number of nitrogens with two attached hydrogens (primary N) is 1. The highest BCUT2D eigenvalue weighted by Crippen LogP contribution is 1.91. The molecule has 1 amide bonds. The molecule has 10 heavy (non-hydrogen) atoms. The lowest BCUT2D eigenvalue weighted by Crippen LogP contribution is -2.32. The van der Waals surface area contributed by atoms with Gasteiger partial charge in [0.15, 0.2) is 0 Å². The number of hydrogen-bond donors (Lipinski definition) is 2. The second-order valence-corrected chi connectivity index (χ2v) is 2.71. The fourth-order valence-electron chi connectivity index (χ4n) is 0.397. The first-order chi connectivity index (χ1) is 4.54. The maximum Gasteiger partial charge on any atom is 0.216 e. The third-order valence-electron chi connectivity index (χ3n) is 1.14. The van der Waals surface area contributed by atoms with Crippen molar-refractivity contribution in [1.82, 2.24) is 5.32 Å². The Morgan fingerprint density at radius 3 is 2.60 bits per heavy atom. The Morgan fingerprint density at radius 2 is 2.30 bits per heavy atom. The topological polar surface area (TPSA) is 55.1 Å². The molecule has 0 rings (SSSR count). The van der Waals surface area contributed by atoms with Crippen molar-refractivity contribution in [3.8, 4) is 0 Å². The molecule has 0 aromatic heterocycles. The maximum atomic E-state index is 10.4. The predicted octanol–water partition coefficient (Wildman–Crippen LogP) is 0.0447. The monoisotopic (exact) mass is 160 g/mol. The van der Waals surface area contributed by atoms with E-state index in [4.69, 9.17) is 18.0 Å². The molecule has 1 unspecified atom stereocenters. The van der Waals surface area contributed by atoms with Crippen LogP contribution >= 0.6 is 12.2 Å². The van der Waals surface area contributed by atoms with Crippen LogP contribution in [0.25, 0.3) is 0 Å². The average molecular weight is 160 g/mol. The number of carbonyl (C=O) groups excluding carboxylic acids is 1. The van der Waals surface area contributed by atoms with E-state index in [2.05, 4.69) is 5.32 Å². The van der Waals surface area contributed by atoms with Crippen molar-refractivity contribution >= 4 is 23.1 Å². The van der Waals surface area contributed by atoms with Crippen LogP contribution in [-0.2, 0) is 4.79 Å². The summed E-state index contributed by atoms with van der Waals surface area (Å²) in [6.07, 6.45) is 0. The number of hydrogen-bond acceptors (Lipinski definition) is 2. The van der Waals surface area contributed by atoms with Gasteiger partial charge >= 0.3 is 0 Å². The molecule has 0 saturated heterocycles. The van der Waals surface area contributed by atoms with Gasteiger partial charge in [-0.15, -0.1) is 0 Å². The maximum absolute atomic E-state index is 10.4. The number of nitrogens with one attached hydrogen (secondary N) is 1. The zero-order valence-electron chi connectivity index (χ0n) is 6.18. The molecule has 0 aromatic rings. The zero-order chi connectivity index (χ0) is 8.15.